The highest BCUT2D eigenvalue weighted by Crippen LogP contribution is 2.43. The van der Waals surface area contributed by atoms with E-state index >= 15 is 0 Å². The largest absolute Gasteiger partial charge is 0.328 e. The topological polar surface area (TPSA) is 61.0 Å². The van der Waals surface area contributed by atoms with Gasteiger partial charge in [-0.05, 0) is 46.5 Å². The quantitative estimate of drug-likeness (QED) is 0.786. The molecule has 8 heteroatoms. The van der Waals surface area contributed by atoms with Crippen molar-refractivity contribution in [3.63, 3.8) is 0 Å². The fourth-order valence-electron chi connectivity index (χ4n) is 3.22. The van der Waals surface area contributed by atoms with Crippen molar-refractivity contribution in [2.75, 3.05) is 19.6 Å². The van der Waals surface area contributed by atoms with Gasteiger partial charge < -0.3 is 10.2 Å². The van der Waals surface area contributed by atoms with Gasteiger partial charge in [-0.25, -0.2) is 4.39 Å². The number of hydrogen-bond acceptors (Lipinski definition) is 3. The summed E-state index contributed by atoms with van der Waals surface area (Å²) in [7, 11) is 0. The Kier molecular flexibility index (Phi) is 5.46. The number of aromatic amines is 1. The lowest BCUT2D eigenvalue weighted by atomic mass is 10.0. The maximum atomic E-state index is 13.6. The summed E-state index contributed by atoms with van der Waals surface area (Å²) in [5.74, 6) is 0.0682. The molecule has 0 bridgehead atoms. The molecule has 1 aromatic carbocycles. The third-order valence-electron chi connectivity index (χ3n) is 4.66. The number of H-pyrrole nitrogens is 1. The molecule has 1 aliphatic heterocycles. The van der Waals surface area contributed by atoms with Gasteiger partial charge in [-0.1, -0.05) is 12.1 Å². The molecule has 2 fully saturated rings. The van der Waals surface area contributed by atoms with E-state index in [1.807, 2.05) is 6.07 Å². The van der Waals surface area contributed by atoms with Crippen LogP contribution in [0.2, 0.25) is 0 Å². The smallest absolute Gasteiger partial charge is 0.276 e. The summed E-state index contributed by atoms with van der Waals surface area (Å²) in [4.78, 5) is 14.8. The first-order chi connectivity index (χ1) is 11.6. The third kappa shape index (κ3) is 3.59. The first-order valence-electron chi connectivity index (χ1n) is 8.16. The van der Waals surface area contributed by atoms with Crippen LogP contribution < -0.4 is 5.32 Å². The lowest BCUT2D eigenvalue weighted by molar-refractivity contribution is 0.0627. The second kappa shape index (κ2) is 7.43. The van der Waals surface area contributed by atoms with Gasteiger partial charge in [-0.15, -0.1) is 12.4 Å². The highest BCUT2D eigenvalue weighted by Gasteiger charge is 2.34. The molecule has 1 aliphatic carbocycles. The zero-order valence-corrected chi connectivity index (χ0v) is 15.9. The molecule has 2 aromatic rings. The summed E-state index contributed by atoms with van der Waals surface area (Å²) >= 11 is 3.53. The minimum atomic E-state index is -0.289. The number of nitrogens with one attached hydrogen (secondary N) is 2. The number of amides is 1. The van der Waals surface area contributed by atoms with Crippen LogP contribution in [0, 0.1) is 5.82 Å². The van der Waals surface area contributed by atoms with Crippen LogP contribution in [0.25, 0.3) is 0 Å². The van der Waals surface area contributed by atoms with E-state index in [1.165, 1.54) is 12.1 Å². The van der Waals surface area contributed by atoms with Gasteiger partial charge >= 0.3 is 0 Å². The summed E-state index contributed by atoms with van der Waals surface area (Å²) in [6.45, 7) is 1.89. The zero-order valence-electron chi connectivity index (χ0n) is 13.5. The Bertz CT molecular complexity index is 780. The van der Waals surface area contributed by atoms with Gasteiger partial charge in [-0.3, -0.25) is 9.89 Å². The molecular formula is C17H19BrClFN4O. The molecule has 5 nitrogen and oxygen atoms in total. The minimum Gasteiger partial charge on any atom is -0.328 e. The van der Waals surface area contributed by atoms with Gasteiger partial charge in [0.1, 0.15) is 5.82 Å². The fraction of sp³-hybridized carbons (Fsp3) is 0.412. The van der Waals surface area contributed by atoms with Gasteiger partial charge in [-0.2, -0.15) is 5.10 Å². The van der Waals surface area contributed by atoms with Crippen LogP contribution in [0.1, 0.15) is 46.5 Å². The number of carbonyl (C=O) groups excluding carboxylic acids is 1. The Morgan fingerprint density at radius 3 is 2.88 bits per heavy atom. The maximum absolute atomic E-state index is 13.6. The molecule has 2 heterocycles. The van der Waals surface area contributed by atoms with Crippen LogP contribution in [0.5, 0.6) is 0 Å². The average molecular weight is 430 g/mol. The zero-order chi connectivity index (χ0) is 16.7. The van der Waals surface area contributed by atoms with Crippen molar-refractivity contribution in [3.8, 4) is 0 Å². The van der Waals surface area contributed by atoms with E-state index in [4.69, 9.17) is 0 Å². The molecule has 1 unspecified atom stereocenters. The Hall–Kier alpha value is -1.44. The first-order valence-corrected chi connectivity index (χ1v) is 8.95. The number of rotatable bonds is 3. The number of aromatic nitrogens is 2. The van der Waals surface area contributed by atoms with E-state index in [0.717, 1.165) is 35.1 Å². The van der Waals surface area contributed by atoms with Crippen LogP contribution >= 0.6 is 28.3 Å². The predicted molar refractivity (Wildman–Crippen MR) is 98.6 cm³/mol. The van der Waals surface area contributed by atoms with Crippen molar-refractivity contribution in [2.24, 2.45) is 0 Å². The fourth-order valence-corrected chi connectivity index (χ4v) is 3.89. The highest BCUT2D eigenvalue weighted by molar-refractivity contribution is 9.10. The first kappa shape index (κ1) is 18.4. The predicted octanol–water partition coefficient (Wildman–Crippen LogP) is 3.40. The van der Waals surface area contributed by atoms with Crippen LogP contribution in [0.3, 0.4) is 0 Å². The number of carbonyl (C=O) groups is 1. The van der Waals surface area contributed by atoms with E-state index in [9.17, 15) is 9.18 Å². The van der Waals surface area contributed by atoms with Crippen LogP contribution in [-0.2, 0) is 0 Å². The molecule has 25 heavy (non-hydrogen) atoms. The summed E-state index contributed by atoms with van der Waals surface area (Å²) in [6, 6.07) is 6.24. The summed E-state index contributed by atoms with van der Waals surface area (Å²) in [6.07, 6.45) is 2.27. The number of nitrogens with zero attached hydrogens (tertiary/aromatic N) is 2. The number of hydrogen-bond donors (Lipinski definition) is 2. The van der Waals surface area contributed by atoms with Crippen LogP contribution in [0.15, 0.2) is 28.7 Å². The van der Waals surface area contributed by atoms with E-state index in [0.29, 0.717) is 24.7 Å². The van der Waals surface area contributed by atoms with Gasteiger partial charge in [0.2, 0.25) is 0 Å². The van der Waals surface area contributed by atoms with E-state index in [-0.39, 0.29) is 30.2 Å². The van der Waals surface area contributed by atoms with Crippen LogP contribution in [-0.4, -0.2) is 40.6 Å². The SMILES string of the molecule is Cl.O=C(c1n[nH]c(C2CC2)c1Br)N1CCNCC1c1cccc(F)c1. The second-order valence-corrected chi connectivity index (χ2v) is 7.14. The number of halogens is 3. The summed E-state index contributed by atoms with van der Waals surface area (Å²) in [5.41, 5.74) is 2.22. The Labute approximate surface area is 159 Å². The molecule has 134 valence electrons. The molecule has 2 N–H and O–H groups in total. The van der Waals surface area contributed by atoms with Gasteiger partial charge in [0.05, 0.1) is 16.2 Å². The summed E-state index contributed by atoms with van der Waals surface area (Å²) in [5, 5.41) is 10.5. The number of piperazine rings is 1. The van der Waals surface area contributed by atoms with E-state index < -0.39 is 0 Å². The number of benzene rings is 1. The summed E-state index contributed by atoms with van der Waals surface area (Å²) < 4.78 is 14.4. The van der Waals surface area contributed by atoms with Crippen molar-refractivity contribution in [3.05, 3.63) is 51.5 Å². The third-order valence-corrected chi connectivity index (χ3v) is 5.46. The van der Waals surface area contributed by atoms with E-state index in [1.54, 1.807) is 11.0 Å². The Balaban J connectivity index is 0.00000182. The van der Waals surface area contributed by atoms with Gasteiger partial charge in [0.25, 0.3) is 5.91 Å². The molecule has 1 saturated heterocycles. The molecule has 1 amide bonds. The second-order valence-electron chi connectivity index (χ2n) is 6.35. The molecule has 2 aliphatic rings. The van der Waals surface area contributed by atoms with Crippen molar-refractivity contribution in [2.45, 2.75) is 24.8 Å². The van der Waals surface area contributed by atoms with Gasteiger partial charge in [0, 0.05) is 25.6 Å². The molecule has 1 aromatic heterocycles. The highest BCUT2D eigenvalue weighted by atomic mass is 79.9. The van der Waals surface area contributed by atoms with Crippen LogP contribution in [0.4, 0.5) is 4.39 Å². The molecule has 0 radical (unpaired) electrons. The maximum Gasteiger partial charge on any atom is 0.276 e. The molecule has 0 spiro atoms. The molecule has 1 saturated carbocycles. The minimum absolute atomic E-state index is 0. The standard InChI is InChI=1S/C17H18BrFN4O.ClH/c18-14-15(10-4-5-10)21-22-16(14)17(24)23-7-6-20-9-13(23)11-2-1-3-12(19)8-11;/h1-3,8,10,13,20H,4-7,9H2,(H,21,22);1H. The van der Waals surface area contributed by atoms with Gasteiger partial charge in [0.15, 0.2) is 5.69 Å². The molecule has 1 atom stereocenters. The lowest BCUT2D eigenvalue weighted by Crippen LogP contribution is -2.48. The van der Waals surface area contributed by atoms with Crippen molar-refractivity contribution >= 4 is 34.2 Å². The van der Waals surface area contributed by atoms with Crippen molar-refractivity contribution < 1.29 is 9.18 Å². The molecular weight excluding hydrogens is 411 g/mol. The average Bonchev–Trinajstić information content (AvgIpc) is 3.37. The van der Waals surface area contributed by atoms with Crippen molar-refractivity contribution in [1.29, 1.82) is 0 Å². The van der Waals surface area contributed by atoms with Crippen molar-refractivity contribution in [1.82, 2.24) is 20.4 Å². The monoisotopic (exact) mass is 428 g/mol. The lowest BCUT2D eigenvalue weighted by Gasteiger charge is -2.36. The normalized spacial score (nSPS) is 20.2. The molecule has 4 rings (SSSR count). The Morgan fingerprint density at radius 1 is 1.36 bits per heavy atom. The Morgan fingerprint density at radius 2 is 2.16 bits per heavy atom. The van der Waals surface area contributed by atoms with E-state index in [2.05, 4.69) is 31.4 Å².